The highest BCUT2D eigenvalue weighted by atomic mass is 32.1. The number of anilines is 1. The van der Waals surface area contributed by atoms with Gasteiger partial charge in [0.2, 0.25) is 0 Å². The third-order valence-electron chi connectivity index (χ3n) is 4.62. The molecule has 2 heterocycles. The van der Waals surface area contributed by atoms with E-state index in [1.165, 1.54) is 60.7 Å². The van der Waals surface area contributed by atoms with Gasteiger partial charge in [-0.05, 0) is 37.7 Å². The van der Waals surface area contributed by atoms with Crippen LogP contribution in [0, 0.1) is 0 Å². The molecule has 0 atom stereocenters. The summed E-state index contributed by atoms with van der Waals surface area (Å²) < 4.78 is 0. The summed E-state index contributed by atoms with van der Waals surface area (Å²) in [6.45, 7) is 2.14. The summed E-state index contributed by atoms with van der Waals surface area (Å²) in [6, 6.07) is 0.620. The molecule has 0 spiro atoms. The first-order valence-electron chi connectivity index (χ1n) is 7.93. The van der Waals surface area contributed by atoms with Gasteiger partial charge in [-0.25, -0.2) is 9.97 Å². The number of nitrogens with one attached hydrogen (secondary N) is 1. The molecule has 2 aromatic rings. The quantitative estimate of drug-likeness (QED) is 0.923. The van der Waals surface area contributed by atoms with Crippen LogP contribution in [0.5, 0.6) is 0 Å². The van der Waals surface area contributed by atoms with Gasteiger partial charge in [0.25, 0.3) is 0 Å². The third-order valence-corrected chi connectivity index (χ3v) is 5.81. The highest BCUT2D eigenvalue weighted by Crippen LogP contribution is 2.40. The molecular weight excluding hydrogens is 266 g/mol. The predicted octanol–water partition coefficient (Wildman–Crippen LogP) is 4.10. The fourth-order valence-electron chi connectivity index (χ4n) is 3.57. The zero-order valence-electron chi connectivity index (χ0n) is 12.0. The maximum Gasteiger partial charge on any atom is 0.139 e. The summed E-state index contributed by atoms with van der Waals surface area (Å²) >= 11 is 1.90. The number of thiophene rings is 1. The molecule has 0 radical (unpaired) electrons. The van der Waals surface area contributed by atoms with Crippen LogP contribution in [-0.2, 0) is 19.3 Å². The van der Waals surface area contributed by atoms with E-state index in [2.05, 4.69) is 12.2 Å². The minimum Gasteiger partial charge on any atom is -0.367 e. The number of nitrogens with zero attached hydrogens (tertiary/aromatic N) is 2. The minimum absolute atomic E-state index is 0.620. The van der Waals surface area contributed by atoms with Crippen molar-refractivity contribution in [1.82, 2.24) is 9.97 Å². The van der Waals surface area contributed by atoms with Gasteiger partial charge in [-0.2, -0.15) is 0 Å². The molecule has 0 unspecified atom stereocenters. The molecule has 0 aliphatic heterocycles. The van der Waals surface area contributed by atoms with Crippen LogP contribution in [0.15, 0.2) is 0 Å². The van der Waals surface area contributed by atoms with Gasteiger partial charge in [-0.3, -0.25) is 0 Å². The van der Waals surface area contributed by atoms with Gasteiger partial charge in [0.15, 0.2) is 0 Å². The molecule has 3 nitrogen and oxygen atoms in total. The molecule has 0 amide bonds. The van der Waals surface area contributed by atoms with E-state index < -0.39 is 0 Å². The van der Waals surface area contributed by atoms with Crippen LogP contribution in [0.1, 0.15) is 55.3 Å². The van der Waals surface area contributed by atoms with Crippen LogP contribution >= 0.6 is 11.3 Å². The predicted molar refractivity (Wildman–Crippen MR) is 84.7 cm³/mol. The smallest absolute Gasteiger partial charge is 0.139 e. The summed E-state index contributed by atoms with van der Waals surface area (Å²) in [5.74, 6) is 2.11. The summed E-state index contributed by atoms with van der Waals surface area (Å²) in [7, 11) is 0. The molecule has 1 saturated carbocycles. The highest BCUT2D eigenvalue weighted by molar-refractivity contribution is 7.19. The van der Waals surface area contributed by atoms with E-state index in [1.807, 2.05) is 11.3 Å². The molecule has 0 saturated heterocycles. The highest BCUT2D eigenvalue weighted by Gasteiger charge is 2.24. The summed E-state index contributed by atoms with van der Waals surface area (Å²) in [5, 5.41) is 5.07. The topological polar surface area (TPSA) is 37.8 Å². The zero-order chi connectivity index (χ0) is 13.5. The molecular formula is C16H21N3S. The molecule has 106 valence electrons. The Morgan fingerprint density at radius 2 is 2.00 bits per heavy atom. The van der Waals surface area contributed by atoms with Crippen LogP contribution < -0.4 is 5.32 Å². The molecule has 0 aromatic carbocycles. The van der Waals surface area contributed by atoms with E-state index in [-0.39, 0.29) is 0 Å². The van der Waals surface area contributed by atoms with Crippen molar-refractivity contribution in [2.24, 2.45) is 0 Å². The van der Waals surface area contributed by atoms with Crippen molar-refractivity contribution in [3.05, 3.63) is 16.3 Å². The Bertz CT molecular complexity index is 641. The lowest BCUT2D eigenvalue weighted by Gasteiger charge is -2.15. The van der Waals surface area contributed by atoms with Crippen molar-refractivity contribution >= 4 is 27.4 Å². The number of aromatic nitrogens is 2. The van der Waals surface area contributed by atoms with E-state index in [1.54, 1.807) is 4.88 Å². The SMILES string of the molecule is CCc1nc(NC2CCCC2)c2c3c(sc2n1)CCC3. The number of hydrogen-bond donors (Lipinski definition) is 1. The normalized spacial score (nSPS) is 18.9. The number of hydrogen-bond acceptors (Lipinski definition) is 4. The van der Waals surface area contributed by atoms with Gasteiger partial charge in [-0.1, -0.05) is 19.8 Å². The average Bonchev–Trinajstić information content (AvgIpc) is 3.13. The van der Waals surface area contributed by atoms with Gasteiger partial charge in [-0.15, -0.1) is 11.3 Å². The zero-order valence-corrected chi connectivity index (χ0v) is 12.9. The van der Waals surface area contributed by atoms with Gasteiger partial charge in [0, 0.05) is 17.3 Å². The maximum atomic E-state index is 4.82. The van der Waals surface area contributed by atoms with Crippen LogP contribution in [0.25, 0.3) is 10.2 Å². The van der Waals surface area contributed by atoms with Gasteiger partial charge < -0.3 is 5.32 Å². The molecule has 2 aromatic heterocycles. The monoisotopic (exact) mass is 287 g/mol. The van der Waals surface area contributed by atoms with E-state index in [0.29, 0.717) is 6.04 Å². The van der Waals surface area contributed by atoms with Crippen molar-refractivity contribution in [2.75, 3.05) is 5.32 Å². The minimum atomic E-state index is 0.620. The molecule has 1 N–H and O–H groups in total. The largest absolute Gasteiger partial charge is 0.367 e. The second-order valence-electron chi connectivity index (χ2n) is 6.01. The lowest BCUT2D eigenvalue weighted by molar-refractivity contribution is 0.749. The van der Waals surface area contributed by atoms with Crippen LogP contribution in [0.4, 0.5) is 5.82 Å². The first-order chi connectivity index (χ1) is 9.85. The second-order valence-corrected chi connectivity index (χ2v) is 7.09. The van der Waals surface area contributed by atoms with Crippen molar-refractivity contribution in [2.45, 2.75) is 64.3 Å². The molecule has 2 aliphatic carbocycles. The van der Waals surface area contributed by atoms with Crippen molar-refractivity contribution in [1.29, 1.82) is 0 Å². The number of rotatable bonds is 3. The third kappa shape index (κ3) is 2.01. The number of fused-ring (bicyclic) bond motifs is 3. The molecule has 4 heteroatoms. The molecule has 1 fully saturated rings. The van der Waals surface area contributed by atoms with Crippen LogP contribution in [0.2, 0.25) is 0 Å². The fourth-order valence-corrected chi connectivity index (χ4v) is 4.85. The number of aryl methyl sites for hydroxylation is 3. The lowest BCUT2D eigenvalue weighted by Crippen LogP contribution is -2.16. The average molecular weight is 287 g/mol. The molecule has 4 rings (SSSR count). The van der Waals surface area contributed by atoms with E-state index in [0.717, 1.165) is 18.1 Å². The fraction of sp³-hybridized carbons (Fsp3) is 0.625. The lowest BCUT2D eigenvalue weighted by atomic mass is 10.1. The molecule has 0 bridgehead atoms. The van der Waals surface area contributed by atoms with Crippen molar-refractivity contribution < 1.29 is 0 Å². The van der Waals surface area contributed by atoms with Crippen molar-refractivity contribution in [3.63, 3.8) is 0 Å². The summed E-state index contributed by atoms with van der Waals surface area (Å²) in [4.78, 5) is 12.3. The summed E-state index contributed by atoms with van der Waals surface area (Å²) in [5.41, 5.74) is 1.54. The maximum absolute atomic E-state index is 4.82. The van der Waals surface area contributed by atoms with Gasteiger partial charge >= 0.3 is 0 Å². The van der Waals surface area contributed by atoms with Crippen LogP contribution in [0.3, 0.4) is 0 Å². The first-order valence-corrected chi connectivity index (χ1v) is 8.74. The molecule has 20 heavy (non-hydrogen) atoms. The Labute approximate surface area is 123 Å². The van der Waals surface area contributed by atoms with E-state index in [4.69, 9.17) is 9.97 Å². The Hall–Kier alpha value is -1.16. The Morgan fingerprint density at radius 3 is 2.80 bits per heavy atom. The van der Waals surface area contributed by atoms with Gasteiger partial charge in [0.05, 0.1) is 5.39 Å². The Kier molecular flexibility index (Phi) is 3.14. The van der Waals surface area contributed by atoms with Crippen LogP contribution in [-0.4, -0.2) is 16.0 Å². The van der Waals surface area contributed by atoms with E-state index >= 15 is 0 Å². The van der Waals surface area contributed by atoms with E-state index in [9.17, 15) is 0 Å². The van der Waals surface area contributed by atoms with Gasteiger partial charge in [0.1, 0.15) is 16.5 Å². The second kappa shape index (κ2) is 4.99. The Balaban J connectivity index is 1.82. The standard InChI is InChI=1S/C16H21N3S/c1-2-13-18-15(17-10-6-3-4-7-10)14-11-8-5-9-12(11)20-16(14)19-13/h10H,2-9H2,1H3,(H,17,18,19). The van der Waals surface area contributed by atoms with Crippen molar-refractivity contribution in [3.8, 4) is 0 Å². The Morgan fingerprint density at radius 1 is 1.15 bits per heavy atom. The molecule has 2 aliphatic rings. The summed E-state index contributed by atoms with van der Waals surface area (Å²) in [6.07, 6.45) is 9.96. The first kappa shape index (κ1) is 12.6.